The molecule has 0 aliphatic carbocycles. The maximum atomic E-state index is 13.6. The summed E-state index contributed by atoms with van der Waals surface area (Å²) in [4.78, 5) is 38.9. The number of phenols is 1. The third-order valence-electron chi connectivity index (χ3n) is 6.53. The Kier molecular flexibility index (Phi) is 7.08. The Bertz CT molecular complexity index is 1540. The van der Waals surface area contributed by atoms with Gasteiger partial charge >= 0.3 is 12.0 Å². The quantitative estimate of drug-likeness (QED) is 0.222. The largest absolute Gasteiger partial charge is 0.508 e. The van der Waals surface area contributed by atoms with Crippen molar-refractivity contribution in [3.8, 4) is 5.75 Å². The number of carbonyl (C=O) groups excluding carboxylic acids is 2. The van der Waals surface area contributed by atoms with Crippen LogP contribution in [0.25, 0.3) is 10.8 Å². The van der Waals surface area contributed by atoms with Crippen LogP contribution in [-0.4, -0.2) is 28.1 Å². The summed E-state index contributed by atoms with van der Waals surface area (Å²) in [5, 5.41) is 29.4. The van der Waals surface area contributed by atoms with Crippen LogP contribution in [0.1, 0.15) is 39.5 Å². The second-order valence-electron chi connectivity index (χ2n) is 9.53. The molecule has 0 saturated heterocycles. The monoisotopic (exact) mass is 511 g/mol. The second kappa shape index (κ2) is 10.3. The summed E-state index contributed by atoms with van der Waals surface area (Å²) in [6.07, 6.45) is 0. The smallest absolute Gasteiger partial charge is 0.333 e. The Morgan fingerprint density at radius 2 is 1.37 bits per heavy atom. The Labute approximate surface area is 220 Å². The van der Waals surface area contributed by atoms with Gasteiger partial charge in [0.1, 0.15) is 5.75 Å². The molecule has 4 rings (SSSR count). The zero-order valence-corrected chi connectivity index (χ0v) is 21.5. The highest BCUT2D eigenvalue weighted by atomic mass is 16.4. The van der Waals surface area contributed by atoms with Gasteiger partial charge in [0.2, 0.25) is 0 Å². The van der Waals surface area contributed by atoms with Crippen molar-refractivity contribution in [2.45, 2.75) is 33.2 Å². The average Bonchev–Trinajstić information content (AvgIpc) is 2.86. The van der Waals surface area contributed by atoms with E-state index in [0.717, 1.165) is 27.5 Å². The van der Waals surface area contributed by atoms with Gasteiger partial charge in [0.05, 0.1) is 11.3 Å². The lowest BCUT2D eigenvalue weighted by Gasteiger charge is -2.27. The molecule has 8 heteroatoms. The van der Waals surface area contributed by atoms with Crippen LogP contribution in [0.15, 0.2) is 72.8 Å². The van der Waals surface area contributed by atoms with Gasteiger partial charge in [-0.25, -0.2) is 9.59 Å². The van der Waals surface area contributed by atoms with Crippen molar-refractivity contribution in [3.05, 3.63) is 101 Å². The van der Waals surface area contributed by atoms with Crippen molar-refractivity contribution in [3.63, 3.8) is 0 Å². The Morgan fingerprint density at radius 1 is 0.789 bits per heavy atom. The molecule has 1 atom stereocenters. The van der Waals surface area contributed by atoms with E-state index in [1.165, 1.54) is 31.2 Å². The SMILES string of the molecule is Cc1cc(C)c(NC(=O)Nc2cc3ccccc3cc2C(=O)N[C@](C)(C(=O)O)c2ccc(O)cc2)c(C)c1. The number of amides is 3. The third kappa shape index (κ3) is 5.29. The number of nitrogens with one attached hydrogen (secondary N) is 3. The molecule has 5 N–H and O–H groups in total. The van der Waals surface area contributed by atoms with Crippen LogP contribution >= 0.6 is 0 Å². The van der Waals surface area contributed by atoms with Crippen LogP contribution in [0, 0.1) is 20.8 Å². The number of fused-ring (bicyclic) bond motifs is 1. The number of phenolic OH excluding ortho intramolecular Hbond substituents is 1. The number of anilines is 2. The number of rotatable bonds is 6. The molecule has 0 aromatic heterocycles. The van der Waals surface area contributed by atoms with E-state index >= 15 is 0 Å². The zero-order chi connectivity index (χ0) is 27.6. The maximum Gasteiger partial charge on any atom is 0.333 e. The molecule has 0 unspecified atom stereocenters. The highest BCUT2D eigenvalue weighted by Crippen LogP contribution is 2.29. The molecule has 4 aromatic carbocycles. The summed E-state index contributed by atoms with van der Waals surface area (Å²) in [6, 6.07) is 19.6. The van der Waals surface area contributed by atoms with Gasteiger partial charge in [-0.1, -0.05) is 54.1 Å². The average molecular weight is 512 g/mol. The summed E-state index contributed by atoms with van der Waals surface area (Å²) in [6.45, 7) is 7.15. The number of carboxylic acids is 1. The van der Waals surface area contributed by atoms with Crippen molar-refractivity contribution in [1.82, 2.24) is 5.32 Å². The first-order valence-corrected chi connectivity index (χ1v) is 12.0. The van der Waals surface area contributed by atoms with Crippen molar-refractivity contribution in [1.29, 1.82) is 0 Å². The first-order chi connectivity index (χ1) is 18.0. The van der Waals surface area contributed by atoms with Crippen molar-refractivity contribution >= 4 is 40.1 Å². The molecule has 4 aromatic rings. The van der Waals surface area contributed by atoms with E-state index in [2.05, 4.69) is 16.0 Å². The minimum absolute atomic E-state index is 0.0288. The molecule has 0 heterocycles. The fraction of sp³-hybridized carbons (Fsp3) is 0.167. The molecule has 194 valence electrons. The molecule has 0 aliphatic heterocycles. The van der Waals surface area contributed by atoms with Crippen LogP contribution in [0.2, 0.25) is 0 Å². The molecule has 0 radical (unpaired) electrons. The minimum Gasteiger partial charge on any atom is -0.508 e. The first kappa shape index (κ1) is 26.2. The predicted molar refractivity (Wildman–Crippen MR) is 148 cm³/mol. The number of carbonyl (C=O) groups is 3. The lowest BCUT2D eigenvalue weighted by atomic mass is 9.91. The number of benzene rings is 4. The Hall–Kier alpha value is -4.85. The van der Waals surface area contributed by atoms with Gasteiger partial charge in [0.15, 0.2) is 5.54 Å². The van der Waals surface area contributed by atoms with E-state index in [-0.39, 0.29) is 22.6 Å². The highest BCUT2D eigenvalue weighted by Gasteiger charge is 2.37. The minimum atomic E-state index is -1.80. The lowest BCUT2D eigenvalue weighted by Crippen LogP contribution is -2.49. The Balaban J connectivity index is 1.70. The number of urea groups is 1. The van der Waals surface area contributed by atoms with E-state index in [0.29, 0.717) is 5.69 Å². The van der Waals surface area contributed by atoms with Gasteiger partial charge in [-0.05, 0) is 79.4 Å². The number of aryl methyl sites for hydroxylation is 3. The fourth-order valence-corrected chi connectivity index (χ4v) is 4.51. The van der Waals surface area contributed by atoms with E-state index in [1.54, 1.807) is 12.1 Å². The summed E-state index contributed by atoms with van der Waals surface area (Å²) >= 11 is 0. The summed E-state index contributed by atoms with van der Waals surface area (Å²) < 4.78 is 0. The van der Waals surface area contributed by atoms with Crippen molar-refractivity contribution in [2.75, 3.05) is 10.6 Å². The molecule has 8 nitrogen and oxygen atoms in total. The number of aliphatic carboxylic acids is 1. The standard InChI is InChI=1S/C30H29N3O5/c1-17-13-18(2)26(19(3)14-17)32-29(38)31-25-16-21-8-6-5-7-20(21)15-24(25)27(35)33-30(4,28(36)37)22-9-11-23(34)12-10-22/h5-16,34H,1-4H3,(H,33,35)(H,36,37)(H2,31,32,38)/t30-/m0/s1. The number of carboxylic acid groups (broad SMARTS) is 1. The van der Waals surface area contributed by atoms with E-state index < -0.39 is 23.4 Å². The van der Waals surface area contributed by atoms with Crippen LogP contribution < -0.4 is 16.0 Å². The number of hydrogen-bond donors (Lipinski definition) is 5. The second-order valence-corrected chi connectivity index (χ2v) is 9.53. The molecule has 38 heavy (non-hydrogen) atoms. The van der Waals surface area contributed by atoms with Crippen LogP contribution in [-0.2, 0) is 10.3 Å². The van der Waals surface area contributed by atoms with Crippen molar-refractivity contribution in [2.24, 2.45) is 0 Å². The predicted octanol–water partition coefficient (Wildman–Crippen LogP) is 5.84. The van der Waals surface area contributed by atoms with Crippen molar-refractivity contribution < 1.29 is 24.6 Å². The van der Waals surface area contributed by atoms with Gasteiger partial charge in [-0.3, -0.25) is 4.79 Å². The first-order valence-electron chi connectivity index (χ1n) is 12.0. The van der Waals surface area contributed by atoms with Gasteiger partial charge in [0.25, 0.3) is 5.91 Å². The van der Waals surface area contributed by atoms with Gasteiger partial charge in [-0.15, -0.1) is 0 Å². The normalized spacial score (nSPS) is 12.4. The third-order valence-corrected chi connectivity index (χ3v) is 6.53. The fourth-order valence-electron chi connectivity index (χ4n) is 4.51. The molecule has 0 fully saturated rings. The molecular weight excluding hydrogens is 482 g/mol. The summed E-state index contributed by atoms with van der Waals surface area (Å²) in [5.74, 6) is -2.00. The summed E-state index contributed by atoms with van der Waals surface area (Å²) in [7, 11) is 0. The van der Waals surface area contributed by atoms with Crippen LogP contribution in [0.4, 0.5) is 16.2 Å². The lowest BCUT2D eigenvalue weighted by molar-refractivity contribution is -0.144. The molecular formula is C30H29N3O5. The van der Waals surface area contributed by atoms with E-state index in [1.807, 2.05) is 57.2 Å². The molecule has 3 amide bonds. The van der Waals surface area contributed by atoms with Gasteiger partial charge in [-0.2, -0.15) is 0 Å². The molecule has 0 spiro atoms. The molecule has 0 bridgehead atoms. The summed E-state index contributed by atoms with van der Waals surface area (Å²) in [5.41, 5.74) is 2.35. The van der Waals surface area contributed by atoms with E-state index in [4.69, 9.17) is 0 Å². The molecule has 0 aliphatic rings. The van der Waals surface area contributed by atoms with Gasteiger partial charge < -0.3 is 26.2 Å². The Morgan fingerprint density at radius 3 is 1.95 bits per heavy atom. The van der Waals surface area contributed by atoms with Gasteiger partial charge in [0, 0.05) is 5.69 Å². The van der Waals surface area contributed by atoms with Crippen LogP contribution in [0.5, 0.6) is 5.75 Å². The number of aromatic hydroxyl groups is 1. The van der Waals surface area contributed by atoms with E-state index in [9.17, 15) is 24.6 Å². The highest BCUT2D eigenvalue weighted by molar-refractivity contribution is 6.10. The molecule has 0 saturated carbocycles. The zero-order valence-electron chi connectivity index (χ0n) is 21.5. The number of hydrogen-bond acceptors (Lipinski definition) is 4. The topological polar surface area (TPSA) is 128 Å². The van der Waals surface area contributed by atoms with Crippen LogP contribution in [0.3, 0.4) is 0 Å². The maximum absolute atomic E-state index is 13.6.